The molecule has 7 heteroatoms. The van der Waals surface area contributed by atoms with Crippen molar-refractivity contribution in [2.24, 2.45) is 0 Å². The minimum atomic E-state index is 0.450. The van der Waals surface area contributed by atoms with Crippen molar-refractivity contribution in [3.8, 4) is 10.6 Å². The summed E-state index contributed by atoms with van der Waals surface area (Å²) in [6, 6.07) is 5.42. The minimum absolute atomic E-state index is 0.450. The Morgan fingerprint density at radius 1 is 1.10 bits per heavy atom. The molecular weight excluding hydrogens is 306 g/mol. The van der Waals surface area contributed by atoms with Gasteiger partial charge in [0.1, 0.15) is 5.15 Å². The fourth-order valence-corrected chi connectivity index (χ4v) is 2.89. The summed E-state index contributed by atoms with van der Waals surface area (Å²) in [5.74, 6) is 0.516. The zero-order valence-corrected chi connectivity index (χ0v) is 13.0. The normalized spacial score (nSPS) is 10.6. The number of anilines is 2. The molecule has 3 aromatic heterocycles. The van der Waals surface area contributed by atoms with Crippen LogP contribution in [0.4, 0.5) is 11.6 Å². The molecule has 0 aliphatic heterocycles. The Balaban J connectivity index is 1.89. The maximum atomic E-state index is 5.76. The van der Waals surface area contributed by atoms with Crippen molar-refractivity contribution < 1.29 is 0 Å². The Labute approximate surface area is 131 Å². The van der Waals surface area contributed by atoms with Gasteiger partial charge < -0.3 is 5.32 Å². The van der Waals surface area contributed by atoms with Gasteiger partial charge in [0.15, 0.2) is 0 Å². The van der Waals surface area contributed by atoms with Crippen LogP contribution in [-0.2, 0) is 0 Å². The quantitative estimate of drug-likeness (QED) is 0.739. The predicted molar refractivity (Wildman–Crippen MR) is 85.1 cm³/mol. The van der Waals surface area contributed by atoms with E-state index in [9.17, 15) is 0 Å². The van der Waals surface area contributed by atoms with Gasteiger partial charge in [-0.25, -0.2) is 19.9 Å². The van der Waals surface area contributed by atoms with Gasteiger partial charge in [0, 0.05) is 6.20 Å². The molecule has 0 aliphatic rings. The highest BCUT2D eigenvalue weighted by molar-refractivity contribution is 7.15. The second kappa shape index (κ2) is 5.75. The first-order chi connectivity index (χ1) is 10.1. The van der Waals surface area contributed by atoms with Crippen molar-refractivity contribution in [2.45, 2.75) is 13.8 Å². The van der Waals surface area contributed by atoms with Crippen molar-refractivity contribution >= 4 is 34.6 Å². The van der Waals surface area contributed by atoms with Crippen LogP contribution in [0, 0.1) is 13.8 Å². The van der Waals surface area contributed by atoms with Crippen LogP contribution >= 0.6 is 22.9 Å². The molecule has 0 fully saturated rings. The van der Waals surface area contributed by atoms with E-state index < -0.39 is 0 Å². The molecule has 5 nitrogen and oxygen atoms in total. The molecule has 0 spiro atoms. The number of thiazole rings is 1. The van der Waals surface area contributed by atoms with Crippen molar-refractivity contribution in [3.63, 3.8) is 0 Å². The van der Waals surface area contributed by atoms with E-state index >= 15 is 0 Å². The highest BCUT2D eigenvalue weighted by Gasteiger charge is 2.10. The summed E-state index contributed by atoms with van der Waals surface area (Å²) in [5, 5.41) is 4.58. The summed E-state index contributed by atoms with van der Waals surface area (Å²) in [5.41, 5.74) is 2.63. The Morgan fingerprint density at radius 2 is 1.95 bits per heavy atom. The topological polar surface area (TPSA) is 63.6 Å². The molecule has 106 valence electrons. The van der Waals surface area contributed by atoms with Gasteiger partial charge in [0.05, 0.1) is 33.2 Å². The van der Waals surface area contributed by atoms with Gasteiger partial charge in [-0.3, -0.25) is 0 Å². The molecule has 0 aliphatic carbocycles. The lowest BCUT2D eigenvalue weighted by atomic mass is 10.3. The number of nitrogens with zero attached hydrogens (tertiary/aromatic N) is 4. The molecule has 0 atom stereocenters. The number of aryl methyl sites for hydroxylation is 2. The molecule has 0 radical (unpaired) electrons. The van der Waals surface area contributed by atoms with Crippen molar-refractivity contribution in [3.05, 3.63) is 46.4 Å². The number of hydrogen-bond acceptors (Lipinski definition) is 6. The van der Waals surface area contributed by atoms with Gasteiger partial charge in [-0.2, -0.15) is 0 Å². The molecule has 0 saturated heterocycles. The average Bonchev–Trinajstić information content (AvgIpc) is 2.81. The van der Waals surface area contributed by atoms with Crippen LogP contribution in [-0.4, -0.2) is 19.9 Å². The van der Waals surface area contributed by atoms with Crippen LogP contribution < -0.4 is 5.32 Å². The van der Waals surface area contributed by atoms with Crippen LogP contribution in [0.25, 0.3) is 10.6 Å². The van der Waals surface area contributed by atoms with E-state index in [0.29, 0.717) is 11.1 Å². The van der Waals surface area contributed by atoms with Crippen molar-refractivity contribution in [1.29, 1.82) is 0 Å². The number of halogens is 1. The Kier molecular flexibility index (Phi) is 3.81. The fourth-order valence-electron chi connectivity index (χ4n) is 1.89. The SMILES string of the molecule is Cc1nc(C)c(-c2ccnc(Nc3ccc(Cl)nc3)n2)s1. The number of rotatable bonds is 3. The maximum Gasteiger partial charge on any atom is 0.227 e. The summed E-state index contributed by atoms with van der Waals surface area (Å²) >= 11 is 7.39. The molecule has 3 heterocycles. The smallest absolute Gasteiger partial charge is 0.227 e. The second-order valence-corrected chi connectivity index (χ2v) is 6.00. The molecule has 3 rings (SSSR count). The van der Waals surface area contributed by atoms with E-state index in [2.05, 4.69) is 25.3 Å². The zero-order valence-electron chi connectivity index (χ0n) is 11.5. The molecule has 0 bridgehead atoms. The lowest BCUT2D eigenvalue weighted by Gasteiger charge is -2.05. The summed E-state index contributed by atoms with van der Waals surface area (Å²) in [4.78, 5) is 18.2. The maximum absolute atomic E-state index is 5.76. The molecule has 1 N–H and O–H groups in total. The molecule has 3 aromatic rings. The Bertz CT molecular complexity index is 769. The predicted octanol–water partition coefficient (Wildman–Crippen LogP) is 4.01. The number of hydrogen-bond donors (Lipinski definition) is 1. The summed E-state index contributed by atoms with van der Waals surface area (Å²) in [7, 11) is 0. The third-order valence-corrected chi connectivity index (χ3v) is 4.09. The summed E-state index contributed by atoms with van der Waals surface area (Å²) in [6.07, 6.45) is 3.36. The standard InChI is InChI=1S/C14H12ClN5S/c1-8-13(21-9(2)18-8)11-5-6-16-14(20-11)19-10-3-4-12(15)17-7-10/h3-7H,1-2H3,(H,16,19,20). The van der Waals surface area contributed by atoms with Gasteiger partial charge in [-0.05, 0) is 32.0 Å². The monoisotopic (exact) mass is 317 g/mol. The lowest BCUT2D eigenvalue weighted by molar-refractivity contribution is 1.15. The van der Waals surface area contributed by atoms with Gasteiger partial charge in [-0.15, -0.1) is 11.3 Å². The van der Waals surface area contributed by atoms with Crippen LogP contribution in [0.3, 0.4) is 0 Å². The van der Waals surface area contributed by atoms with Crippen LogP contribution in [0.1, 0.15) is 10.7 Å². The largest absolute Gasteiger partial charge is 0.323 e. The Hall–Kier alpha value is -2.05. The van der Waals surface area contributed by atoms with Gasteiger partial charge in [-0.1, -0.05) is 11.6 Å². The average molecular weight is 318 g/mol. The third-order valence-electron chi connectivity index (χ3n) is 2.78. The first-order valence-corrected chi connectivity index (χ1v) is 7.47. The van der Waals surface area contributed by atoms with E-state index in [1.807, 2.05) is 26.0 Å². The van der Waals surface area contributed by atoms with Gasteiger partial charge in [0.2, 0.25) is 5.95 Å². The Morgan fingerprint density at radius 3 is 2.62 bits per heavy atom. The molecule has 0 unspecified atom stereocenters. The number of pyridine rings is 1. The van der Waals surface area contributed by atoms with Crippen LogP contribution in [0.15, 0.2) is 30.6 Å². The van der Waals surface area contributed by atoms with Gasteiger partial charge >= 0.3 is 0 Å². The van der Waals surface area contributed by atoms with E-state index in [1.54, 1.807) is 29.8 Å². The zero-order chi connectivity index (χ0) is 14.8. The van der Waals surface area contributed by atoms with Crippen molar-refractivity contribution in [2.75, 3.05) is 5.32 Å². The minimum Gasteiger partial charge on any atom is -0.323 e. The number of aromatic nitrogens is 4. The van der Waals surface area contributed by atoms with E-state index in [0.717, 1.165) is 27.0 Å². The second-order valence-electron chi connectivity index (χ2n) is 4.41. The van der Waals surface area contributed by atoms with E-state index in [-0.39, 0.29) is 0 Å². The van der Waals surface area contributed by atoms with Gasteiger partial charge in [0.25, 0.3) is 0 Å². The number of nitrogens with one attached hydrogen (secondary N) is 1. The molecule has 21 heavy (non-hydrogen) atoms. The highest BCUT2D eigenvalue weighted by atomic mass is 35.5. The molecular formula is C14H12ClN5S. The van der Waals surface area contributed by atoms with E-state index in [4.69, 9.17) is 11.6 Å². The van der Waals surface area contributed by atoms with Crippen LogP contribution in [0.5, 0.6) is 0 Å². The van der Waals surface area contributed by atoms with Crippen LogP contribution in [0.2, 0.25) is 5.15 Å². The van der Waals surface area contributed by atoms with E-state index in [1.165, 1.54) is 0 Å². The summed E-state index contributed by atoms with van der Waals surface area (Å²) < 4.78 is 0. The molecule has 0 aromatic carbocycles. The third kappa shape index (κ3) is 3.17. The first kappa shape index (κ1) is 13.9. The highest BCUT2D eigenvalue weighted by Crippen LogP contribution is 2.28. The first-order valence-electron chi connectivity index (χ1n) is 6.28. The molecule has 0 amide bonds. The summed E-state index contributed by atoms with van der Waals surface area (Å²) in [6.45, 7) is 3.97. The van der Waals surface area contributed by atoms with Crippen molar-refractivity contribution in [1.82, 2.24) is 19.9 Å². The fraction of sp³-hybridized carbons (Fsp3) is 0.143. The lowest BCUT2D eigenvalue weighted by Crippen LogP contribution is -1.98. The molecule has 0 saturated carbocycles.